The van der Waals surface area contributed by atoms with Gasteiger partial charge in [0.25, 0.3) is 0 Å². The van der Waals surface area contributed by atoms with Crippen molar-refractivity contribution in [1.29, 1.82) is 0 Å². The van der Waals surface area contributed by atoms with Crippen LogP contribution in [0.15, 0.2) is 24.3 Å². The maximum absolute atomic E-state index is 10.3. The van der Waals surface area contributed by atoms with Crippen molar-refractivity contribution in [2.45, 2.75) is 0 Å². The van der Waals surface area contributed by atoms with Crippen molar-refractivity contribution in [2.24, 2.45) is 0 Å². The maximum atomic E-state index is 10.3. The predicted octanol–water partition coefficient (Wildman–Crippen LogP) is 1.09. The highest BCUT2D eigenvalue weighted by Crippen LogP contribution is 2.28. The summed E-state index contributed by atoms with van der Waals surface area (Å²) in [6.45, 7) is 0. The third-order valence-electron chi connectivity index (χ3n) is 1.18. The highest BCUT2D eigenvalue weighted by atomic mass is 31.2. The number of aldehydes is 1. The van der Waals surface area contributed by atoms with Crippen LogP contribution in [0.25, 0.3) is 0 Å². The largest absolute Gasteiger partial charge is 0.427 e. The molecule has 0 aliphatic heterocycles. The first-order valence-corrected chi connectivity index (χ1v) is 4.30. The fourth-order valence-corrected chi connectivity index (χ4v) is 1.04. The SMILES string of the molecule is O=Cc1cccc(OP(O)O)c1. The van der Waals surface area contributed by atoms with Crippen LogP contribution in [0.2, 0.25) is 0 Å². The summed E-state index contributed by atoms with van der Waals surface area (Å²) in [5, 5.41) is 0. The minimum Gasteiger partial charge on any atom is -0.427 e. The Morgan fingerprint density at radius 3 is 2.75 bits per heavy atom. The van der Waals surface area contributed by atoms with Gasteiger partial charge in [0.05, 0.1) is 0 Å². The second-order valence-corrected chi connectivity index (χ2v) is 2.72. The van der Waals surface area contributed by atoms with E-state index in [0.717, 1.165) is 0 Å². The average Bonchev–Trinajstić information content (AvgIpc) is 2.03. The van der Waals surface area contributed by atoms with Crippen molar-refractivity contribution in [3.8, 4) is 5.75 Å². The van der Waals surface area contributed by atoms with Gasteiger partial charge in [-0.3, -0.25) is 4.79 Å². The van der Waals surface area contributed by atoms with Crippen LogP contribution in [0.5, 0.6) is 5.75 Å². The first-order chi connectivity index (χ1) is 5.72. The zero-order chi connectivity index (χ0) is 8.97. The quantitative estimate of drug-likeness (QED) is 0.547. The zero-order valence-electron chi connectivity index (χ0n) is 6.04. The van der Waals surface area contributed by atoms with Crippen molar-refractivity contribution in [3.63, 3.8) is 0 Å². The summed E-state index contributed by atoms with van der Waals surface area (Å²) in [7, 11) is -2.41. The van der Waals surface area contributed by atoms with E-state index in [4.69, 9.17) is 9.79 Å². The normalized spacial score (nSPS) is 9.92. The van der Waals surface area contributed by atoms with Gasteiger partial charge in [0.2, 0.25) is 0 Å². The summed E-state index contributed by atoms with van der Waals surface area (Å²) in [5.74, 6) is 0.274. The van der Waals surface area contributed by atoms with E-state index in [0.29, 0.717) is 11.8 Å². The monoisotopic (exact) mass is 186 g/mol. The van der Waals surface area contributed by atoms with E-state index in [2.05, 4.69) is 4.52 Å². The number of carbonyl (C=O) groups is 1. The molecule has 0 unspecified atom stereocenters. The molecule has 0 aliphatic rings. The summed E-state index contributed by atoms with van der Waals surface area (Å²) in [6.07, 6.45) is 0.657. The molecule has 0 heterocycles. The molecule has 0 saturated carbocycles. The third-order valence-corrected chi connectivity index (χ3v) is 1.56. The summed E-state index contributed by atoms with van der Waals surface area (Å²) >= 11 is 0. The Hall–Kier alpha value is -0.960. The predicted molar refractivity (Wildman–Crippen MR) is 43.8 cm³/mol. The van der Waals surface area contributed by atoms with Gasteiger partial charge in [-0.05, 0) is 12.1 Å². The van der Waals surface area contributed by atoms with E-state index in [9.17, 15) is 4.79 Å². The van der Waals surface area contributed by atoms with Gasteiger partial charge in [-0.1, -0.05) is 12.1 Å². The summed E-state index contributed by atoms with van der Waals surface area (Å²) in [6, 6.07) is 6.15. The molecule has 0 spiro atoms. The van der Waals surface area contributed by atoms with Crippen molar-refractivity contribution >= 4 is 14.9 Å². The number of benzene rings is 1. The average molecular weight is 186 g/mol. The summed E-state index contributed by atoms with van der Waals surface area (Å²) in [5.41, 5.74) is 0.435. The van der Waals surface area contributed by atoms with Crippen LogP contribution in [0.4, 0.5) is 0 Å². The Kier molecular flexibility index (Phi) is 3.17. The van der Waals surface area contributed by atoms with E-state index < -0.39 is 8.60 Å². The molecule has 1 aromatic carbocycles. The van der Waals surface area contributed by atoms with E-state index >= 15 is 0 Å². The van der Waals surface area contributed by atoms with Gasteiger partial charge >= 0.3 is 8.60 Å². The molecule has 64 valence electrons. The van der Waals surface area contributed by atoms with E-state index in [1.807, 2.05) is 0 Å². The molecule has 0 radical (unpaired) electrons. The standard InChI is InChI=1S/C7H7O4P/c8-5-6-2-1-3-7(4-6)11-12(9)10/h1-5,9-10H. The molecule has 0 saturated heterocycles. The molecule has 1 aromatic rings. The molecule has 1 rings (SSSR count). The molecule has 4 nitrogen and oxygen atoms in total. The van der Waals surface area contributed by atoms with E-state index in [1.165, 1.54) is 12.1 Å². The Morgan fingerprint density at radius 1 is 1.42 bits per heavy atom. The number of hydrogen-bond donors (Lipinski definition) is 2. The lowest BCUT2D eigenvalue weighted by Gasteiger charge is -2.04. The summed E-state index contributed by atoms with van der Waals surface area (Å²) < 4.78 is 4.57. The lowest BCUT2D eigenvalue weighted by molar-refractivity contribution is 0.112. The summed E-state index contributed by atoms with van der Waals surface area (Å²) in [4.78, 5) is 27.2. The smallest absolute Gasteiger partial charge is 0.391 e. The van der Waals surface area contributed by atoms with Gasteiger partial charge in [-0.15, -0.1) is 0 Å². The van der Waals surface area contributed by atoms with Gasteiger partial charge in [-0.2, -0.15) is 0 Å². The third kappa shape index (κ3) is 2.58. The number of rotatable bonds is 3. The van der Waals surface area contributed by atoms with Crippen molar-refractivity contribution in [3.05, 3.63) is 29.8 Å². The molecule has 12 heavy (non-hydrogen) atoms. The Morgan fingerprint density at radius 2 is 2.17 bits per heavy atom. The first kappa shape index (κ1) is 9.13. The Balaban J connectivity index is 2.79. The second kappa shape index (κ2) is 4.16. The van der Waals surface area contributed by atoms with Gasteiger partial charge in [-0.25, -0.2) is 0 Å². The van der Waals surface area contributed by atoms with E-state index in [-0.39, 0.29) is 5.75 Å². The van der Waals surface area contributed by atoms with Crippen LogP contribution in [0.1, 0.15) is 10.4 Å². The van der Waals surface area contributed by atoms with Gasteiger partial charge in [0, 0.05) is 5.56 Å². The minimum absolute atomic E-state index is 0.274. The number of hydrogen-bond acceptors (Lipinski definition) is 4. The molecular formula is C7H7O4P. The van der Waals surface area contributed by atoms with Crippen LogP contribution in [-0.4, -0.2) is 16.1 Å². The lowest BCUT2D eigenvalue weighted by atomic mass is 10.2. The highest BCUT2D eigenvalue weighted by Gasteiger charge is 2.02. The van der Waals surface area contributed by atoms with Crippen molar-refractivity contribution in [1.82, 2.24) is 0 Å². The Bertz CT molecular complexity index is 274. The molecule has 0 aromatic heterocycles. The van der Waals surface area contributed by atoms with Gasteiger partial charge in [0.1, 0.15) is 12.0 Å². The van der Waals surface area contributed by atoms with Gasteiger partial charge < -0.3 is 14.3 Å². The van der Waals surface area contributed by atoms with Gasteiger partial charge in [0.15, 0.2) is 0 Å². The Labute approximate surface area is 70.4 Å². The first-order valence-electron chi connectivity index (χ1n) is 3.13. The van der Waals surface area contributed by atoms with E-state index in [1.54, 1.807) is 12.1 Å². The topological polar surface area (TPSA) is 66.8 Å². The number of carbonyl (C=O) groups excluding carboxylic acids is 1. The van der Waals surface area contributed by atoms with Crippen molar-refractivity contribution < 1.29 is 19.1 Å². The maximum Gasteiger partial charge on any atom is 0.391 e. The van der Waals surface area contributed by atoms with Crippen LogP contribution in [0, 0.1) is 0 Å². The fraction of sp³-hybridized carbons (Fsp3) is 0. The van der Waals surface area contributed by atoms with Crippen molar-refractivity contribution in [2.75, 3.05) is 0 Å². The molecule has 5 heteroatoms. The minimum atomic E-state index is -2.41. The van der Waals surface area contributed by atoms with Crippen LogP contribution in [-0.2, 0) is 0 Å². The molecule has 0 bridgehead atoms. The fourth-order valence-electron chi connectivity index (χ4n) is 0.739. The molecule has 0 amide bonds. The zero-order valence-corrected chi connectivity index (χ0v) is 6.94. The molecule has 2 N–H and O–H groups in total. The van der Waals surface area contributed by atoms with Crippen LogP contribution < -0.4 is 4.52 Å². The lowest BCUT2D eigenvalue weighted by Crippen LogP contribution is -1.86. The molecule has 0 fully saturated rings. The van der Waals surface area contributed by atoms with Crippen LogP contribution >= 0.6 is 8.60 Å². The van der Waals surface area contributed by atoms with Crippen LogP contribution in [0.3, 0.4) is 0 Å². The second-order valence-electron chi connectivity index (χ2n) is 2.03. The molecular weight excluding hydrogens is 179 g/mol. The molecule has 0 atom stereocenters. The molecule has 0 aliphatic carbocycles. The highest BCUT2D eigenvalue weighted by molar-refractivity contribution is 7.39.